The topological polar surface area (TPSA) is 81.0 Å². The summed E-state index contributed by atoms with van der Waals surface area (Å²) < 4.78 is 58.3. The van der Waals surface area contributed by atoms with E-state index in [9.17, 15) is 4.79 Å². The maximum Gasteiger partial charge on any atom is 0.267 e. The number of nitrogens with one attached hydrogen (secondary N) is 1. The van der Waals surface area contributed by atoms with Crippen molar-refractivity contribution in [3.8, 4) is 11.6 Å². The number of anilines is 1. The zero-order valence-corrected chi connectivity index (χ0v) is 11.3. The summed E-state index contributed by atoms with van der Waals surface area (Å²) >= 11 is 12.0. The lowest BCUT2D eigenvalue weighted by Gasteiger charge is -2.10. The fourth-order valence-corrected chi connectivity index (χ4v) is 1.99. The van der Waals surface area contributed by atoms with E-state index in [0.29, 0.717) is 0 Å². The second-order valence-electron chi connectivity index (χ2n) is 3.74. The third kappa shape index (κ3) is 3.05. The number of nitrogens with zero attached hydrogens (tertiary/aromatic N) is 1. The second-order valence-corrected chi connectivity index (χ2v) is 4.55. The van der Waals surface area contributed by atoms with Gasteiger partial charge in [-0.15, -0.1) is 5.10 Å². The van der Waals surface area contributed by atoms with Crippen LogP contribution in [-0.4, -0.2) is 10.2 Å². The van der Waals surface area contributed by atoms with Crippen molar-refractivity contribution < 1.29 is 14.3 Å². The van der Waals surface area contributed by atoms with Gasteiger partial charge in [0.1, 0.15) is 0 Å². The van der Waals surface area contributed by atoms with Gasteiger partial charge in [-0.2, -0.15) is 0 Å². The predicted molar refractivity (Wildman–Crippen MR) is 79.9 cm³/mol. The minimum Gasteiger partial charge on any atom is -0.434 e. The number of nitrogens with two attached hydrogens (primary N) is 1. The first-order valence-electron chi connectivity index (χ1n) is 8.71. The van der Waals surface area contributed by atoms with Gasteiger partial charge < -0.3 is 10.5 Å². The summed E-state index contributed by atoms with van der Waals surface area (Å²) in [6, 6.07) is 3.41. The van der Waals surface area contributed by atoms with Crippen molar-refractivity contribution in [1.29, 1.82) is 0 Å². The third-order valence-corrected chi connectivity index (χ3v) is 2.84. The molecule has 0 aliphatic carbocycles. The van der Waals surface area contributed by atoms with Crippen LogP contribution in [0.5, 0.6) is 11.6 Å². The molecule has 5 nitrogen and oxygen atoms in total. The molecule has 2 aromatic rings. The van der Waals surface area contributed by atoms with Crippen molar-refractivity contribution in [1.82, 2.24) is 10.2 Å². The summed E-state index contributed by atoms with van der Waals surface area (Å²) in [5.41, 5.74) is 3.81. The van der Waals surface area contributed by atoms with Gasteiger partial charge in [-0.1, -0.05) is 36.9 Å². The van der Waals surface area contributed by atoms with Gasteiger partial charge in [0.05, 0.1) is 10.0 Å². The van der Waals surface area contributed by atoms with Crippen LogP contribution in [0, 0.1) is 0 Å². The van der Waals surface area contributed by atoms with E-state index in [1.54, 1.807) is 0 Å². The number of rotatable bonds is 3. The van der Waals surface area contributed by atoms with Gasteiger partial charge in [0.15, 0.2) is 5.75 Å². The summed E-state index contributed by atoms with van der Waals surface area (Å²) in [6.07, 6.45) is 0. The Bertz CT molecular complexity index is 890. The molecule has 0 atom stereocenters. The van der Waals surface area contributed by atoms with E-state index in [-0.39, 0.29) is 21.5 Å². The van der Waals surface area contributed by atoms with E-state index in [4.69, 9.17) is 43.3 Å². The van der Waals surface area contributed by atoms with Crippen LogP contribution >= 0.6 is 23.2 Å². The van der Waals surface area contributed by atoms with E-state index >= 15 is 0 Å². The van der Waals surface area contributed by atoms with Crippen LogP contribution in [0.25, 0.3) is 0 Å². The zero-order chi connectivity index (χ0) is 20.8. The predicted octanol–water partition coefficient (Wildman–Crippen LogP) is 3.57. The number of nitrogen functional groups attached to an aromatic ring is 1. The highest BCUT2D eigenvalue weighted by atomic mass is 35.5. The number of aromatic nitrogens is 2. The van der Waals surface area contributed by atoms with Crippen molar-refractivity contribution in [2.75, 3.05) is 5.73 Å². The number of H-pyrrole nitrogens is 1. The Morgan fingerprint density at radius 3 is 2.65 bits per heavy atom. The lowest BCUT2D eigenvalue weighted by molar-refractivity contribution is 0.452. The molecule has 0 radical (unpaired) electrons. The molecular formula is C13H13Cl2N3O2. The molecule has 1 heterocycles. The van der Waals surface area contributed by atoms with Crippen LogP contribution < -0.4 is 16.0 Å². The summed E-state index contributed by atoms with van der Waals surface area (Å²) in [5.74, 6) is -3.73. The van der Waals surface area contributed by atoms with Gasteiger partial charge in [0.25, 0.3) is 5.56 Å². The van der Waals surface area contributed by atoms with Gasteiger partial charge in [0.2, 0.25) is 5.88 Å². The molecule has 3 N–H and O–H groups in total. The smallest absolute Gasteiger partial charge is 0.267 e. The standard InChI is InChI=1S/C13H13Cl2N3O2/c1-6(2)8-5-11(17-18-13(8)19)20-12-9(14)3-7(16)4-10(12)15/h3-6H,16H2,1-2H3,(H,18,19)/i1D3,2D3,6D. The van der Waals surface area contributed by atoms with Crippen LogP contribution in [0.1, 0.15) is 34.8 Å². The Morgan fingerprint density at radius 2 is 2.05 bits per heavy atom. The van der Waals surface area contributed by atoms with Crippen molar-refractivity contribution in [2.24, 2.45) is 0 Å². The maximum atomic E-state index is 12.1. The maximum absolute atomic E-state index is 12.1. The van der Waals surface area contributed by atoms with Crippen LogP contribution in [0.15, 0.2) is 23.0 Å². The summed E-state index contributed by atoms with van der Waals surface area (Å²) in [6.45, 7) is -6.69. The average Bonchev–Trinajstić information content (AvgIpc) is 2.49. The number of halogens is 2. The van der Waals surface area contributed by atoms with Crippen molar-refractivity contribution in [2.45, 2.75) is 19.6 Å². The van der Waals surface area contributed by atoms with E-state index < -0.39 is 36.6 Å². The Balaban J connectivity index is 2.62. The molecule has 0 aliphatic heterocycles. The van der Waals surface area contributed by atoms with Crippen LogP contribution in [0.2, 0.25) is 10.0 Å². The first-order chi connectivity index (χ1) is 12.2. The number of ether oxygens (including phenoxy) is 1. The number of hydrogen-bond acceptors (Lipinski definition) is 4. The first kappa shape index (κ1) is 7.90. The Hall–Kier alpha value is -1.72. The van der Waals surface area contributed by atoms with Crippen LogP contribution in [-0.2, 0) is 0 Å². The molecule has 0 fully saturated rings. The Kier molecular flexibility index (Phi) is 2.26. The highest BCUT2D eigenvalue weighted by Crippen LogP contribution is 2.37. The average molecular weight is 321 g/mol. The Labute approximate surface area is 135 Å². The van der Waals surface area contributed by atoms with Crippen molar-refractivity contribution in [3.63, 3.8) is 0 Å². The highest BCUT2D eigenvalue weighted by molar-refractivity contribution is 6.37. The molecular weight excluding hydrogens is 301 g/mol. The van der Waals surface area contributed by atoms with Gasteiger partial charge in [-0.3, -0.25) is 4.79 Å². The minimum atomic E-state index is -3.35. The van der Waals surface area contributed by atoms with Gasteiger partial charge in [-0.05, 0) is 18.0 Å². The van der Waals surface area contributed by atoms with Gasteiger partial charge in [-0.25, -0.2) is 5.10 Å². The van der Waals surface area contributed by atoms with Gasteiger partial charge >= 0.3 is 0 Å². The summed E-state index contributed by atoms with van der Waals surface area (Å²) in [4.78, 5) is 12.1. The molecule has 7 heteroatoms. The monoisotopic (exact) mass is 320 g/mol. The number of aromatic amines is 1. The molecule has 0 saturated heterocycles. The molecule has 2 rings (SSSR count). The van der Waals surface area contributed by atoms with E-state index in [1.807, 2.05) is 5.10 Å². The fraction of sp³-hybridized carbons (Fsp3) is 0.231. The number of benzene rings is 1. The molecule has 0 spiro atoms. The molecule has 1 aromatic carbocycles. The lowest BCUT2D eigenvalue weighted by Crippen LogP contribution is -2.15. The molecule has 20 heavy (non-hydrogen) atoms. The SMILES string of the molecule is [2H]C([2H])([2H])C([2H])(c1cc(Oc2c(Cl)cc(N)cc2Cl)n[nH]c1=O)C([2H])([2H])[2H]. The third-order valence-electron chi connectivity index (χ3n) is 2.28. The molecule has 1 aromatic heterocycles. The van der Waals surface area contributed by atoms with E-state index in [1.165, 1.54) is 12.1 Å². The normalized spacial score (nSPS) is 17.8. The molecule has 0 bridgehead atoms. The second kappa shape index (κ2) is 5.73. The van der Waals surface area contributed by atoms with Crippen LogP contribution in [0.3, 0.4) is 0 Å². The van der Waals surface area contributed by atoms with Crippen LogP contribution in [0.4, 0.5) is 5.69 Å². The van der Waals surface area contributed by atoms with Gasteiger partial charge in [0, 0.05) is 26.9 Å². The van der Waals surface area contributed by atoms with E-state index in [0.717, 1.165) is 6.07 Å². The molecule has 0 amide bonds. The fourth-order valence-electron chi connectivity index (χ4n) is 1.41. The molecule has 0 aliphatic rings. The molecule has 0 saturated carbocycles. The number of hydrogen-bond donors (Lipinski definition) is 2. The lowest BCUT2D eigenvalue weighted by atomic mass is 10.1. The quantitative estimate of drug-likeness (QED) is 0.847. The minimum absolute atomic E-state index is 0.00155. The van der Waals surface area contributed by atoms with E-state index in [2.05, 4.69) is 5.10 Å². The largest absolute Gasteiger partial charge is 0.434 e. The van der Waals surface area contributed by atoms with Crippen molar-refractivity contribution >= 4 is 28.9 Å². The van der Waals surface area contributed by atoms with Crippen molar-refractivity contribution in [3.05, 3.63) is 44.2 Å². The molecule has 106 valence electrons. The Morgan fingerprint density at radius 1 is 1.40 bits per heavy atom. The summed E-state index contributed by atoms with van der Waals surface area (Å²) in [7, 11) is 0. The molecule has 0 unspecified atom stereocenters. The first-order valence-corrected chi connectivity index (χ1v) is 5.96. The zero-order valence-electron chi connectivity index (χ0n) is 16.8. The summed E-state index contributed by atoms with van der Waals surface area (Å²) in [5, 5.41) is 5.48. The highest BCUT2D eigenvalue weighted by Gasteiger charge is 2.13.